The number of urea groups is 1. The van der Waals surface area contributed by atoms with Crippen LogP contribution in [0.3, 0.4) is 0 Å². The van der Waals surface area contributed by atoms with Crippen LogP contribution in [0.15, 0.2) is 53.6 Å². The van der Waals surface area contributed by atoms with E-state index in [-0.39, 0.29) is 30.6 Å². The predicted octanol–water partition coefficient (Wildman–Crippen LogP) is 3.78. The Bertz CT molecular complexity index is 1150. The molecular weight excluding hydrogens is 506 g/mol. The minimum Gasteiger partial charge on any atom is -0.497 e. The van der Waals surface area contributed by atoms with E-state index in [1.165, 1.54) is 5.01 Å². The number of hydrogen-bond acceptors (Lipinski definition) is 6. The first-order valence-corrected chi connectivity index (χ1v) is 13.4. The maximum Gasteiger partial charge on any atom is 0.318 e. The van der Waals surface area contributed by atoms with Crippen LogP contribution in [0.1, 0.15) is 37.4 Å². The van der Waals surface area contributed by atoms with Crippen molar-refractivity contribution in [2.75, 3.05) is 53.0 Å². The molecule has 0 unspecified atom stereocenters. The second-order valence-corrected chi connectivity index (χ2v) is 10.1. The van der Waals surface area contributed by atoms with Gasteiger partial charge in [0.2, 0.25) is 0 Å². The van der Waals surface area contributed by atoms with Gasteiger partial charge in [0.15, 0.2) is 0 Å². The molecule has 204 valence electrons. The van der Waals surface area contributed by atoms with E-state index < -0.39 is 0 Å². The summed E-state index contributed by atoms with van der Waals surface area (Å²) in [6, 6.07) is 14.4. The molecule has 1 N–H and O–H groups in total. The van der Waals surface area contributed by atoms with Crippen LogP contribution in [0.2, 0.25) is 5.02 Å². The van der Waals surface area contributed by atoms with E-state index in [4.69, 9.17) is 26.2 Å². The number of rotatable bonds is 9. The Morgan fingerprint density at radius 2 is 1.95 bits per heavy atom. The summed E-state index contributed by atoms with van der Waals surface area (Å²) in [4.78, 5) is 30.7. The minimum atomic E-state index is -0.383. The molecule has 0 saturated carbocycles. The normalized spacial score (nSPS) is 17.9. The molecule has 0 bridgehead atoms. The molecule has 2 aromatic rings. The van der Waals surface area contributed by atoms with Gasteiger partial charge in [-0.15, -0.1) is 0 Å². The molecule has 1 atom stereocenters. The van der Waals surface area contributed by atoms with E-state index in [9.17, 15) is 9.59 Å². The Balaban J connectivity index is 1.58. The maximum absolute atomic E-state index is 13.8. The van der Waals surface area contributed by atoms with Crippen molar-refractivity contribution in [1.29, 1.82) is 0 Å². The number of hydrazone groups is 1. The average Bonchev–Trinajstić information content (AvgIpc) is 3.37. The van der Waals surface area contributed by atoms with Crippen molar-refractivity contribution >= 4 is 29.3 Å². The van der Waals surface area contributed by atoms with Gasteiger partial charge in [0, 0.05) is 49.2 Å². The van der Waals surface area contributed by atoms with Crippen LogP contribution in [-0.4, -0.2) is 91.5 Å². The third-order valence-corrected chi connectivity index (χ3v) is 6.99. The van der Waals surface area contributed by atoms with Crippen LogP contribution in [0.4, 0.5) is 4.79 Å². The highest BCUT2D eigenvalue weighted by Crippen LogP contribution is 2.36. The fraction of sp³-hybridized carbons (Fsp3) is 0.464. The van der Waals surface area contributed by atoms with Crippen molar-refractivity contribution in [2.24, 2.45) is 5.10 Å². The quantitative estimate of drug-likeness (QED) is 0.522. The molecule has 3 amide bonds. The molecule has 1 fully saturated rings. The maximum atomic E-state index is 13.8. The smallest absolute Gasteiger partial charge is 0.318 e. The lowest BCUT2D eigenvalue weighted by molar-refractivity contribution is -0.133. The molecule has 0 aromatic heterocycles. The number of halogens is 1. The van der Waals surface area contributed by atoms with Crippen molar-refractivity contribution in [3.8, 4) is 5.75 Å². The summed E-state index contributed by atoms with van der Waals surface area (Å²) >= 11 is 6.57. The number of carbonyl (C=O) groups excluding carboxylic acids is 2. The third-order valence-electron chi connectivity index (χ3n) is 6.65. The van der Waals surface area contributed by atoms with Crippen LogP contribution in [0.5, 0.6) is 5.75 Å². The van der Waals surface area contributed by atoms with Gasteiger partial charge >= 0.3 is 6.03 Å². The van der Waals surface area contributed by atoms with E-state index in [1.807, 2.05) is 62.4 Å². The number of nitrogens with zero attached hydrogens (tertiary/aromatic N) is 4. The van der Waals surface area contributed by atoms with Crippen molar-refractivity contribution in [3.05, 3.63) is 64.7 Å². The highest BCUT2D eigenvalue weighted by molar-refractivity contribution is 6.31. The largest absolute Gasteiger partial charge is 0.497 e. The Kier molecular flexibility index (Phi) is 9.60. The van der Waals surface area contributed by atoms with E-state index in [0.29, 0.717) is 43.5 Å². The summed E-state index contributed by atoms with van der Waals surface area (Å²) < 4.78 is 10.8. The second kappa shape index (κ2) is 13.1. The zero-order valence-electron chi connectivity index (χ0n) is 22.2. The van der Waals surface area contributed by atoms with Crippen LogP contribution in [-0.2, 0) is 9.53 Å². The molecule has 9 nitrogen and oxygen atoms in total. The standard InChI is InChI=1S/C28H36ClN5O4/c1-20(2)30-28(36)33(12-11-32-13-15-38-16-14-32)19-27(35)34-26(23-9-4-5-10-24(23)29)18-25(31-34)21-7-6-8-22(17-21)37-3/h4-10,17,20,26H,11-16,18-19H2,1-3H3,(H,30,36)/t26-/m0/s1. The van der Waals surface area contributed by atoms with Gasteiger partial charge in [0.05, 0.1) is 32.1 Å². The molecule has 10 heteroatoms. The summed E-state index contributed by atoms with van der Waals surface area (Å²) in [5.74, 6) is 0.442. The highest BCUT2D eigenvalue weighted by atomic mass is 35.5. The average molecular weight is 542 g/mol. The number of ether oxygens (including phenoxy) is 2. The number of carbonyl (C=O) groups is 2. The number of amides is 3. The molecule has 2 heterocycles. The Morgan fingerprint density at radius 3 is 2.66 bits per heavy atom. The van der Waals surface area contributed by atoms with Gasteiger partial charge in [-0.1, -0.05) is 41.9 Å². The van der Waals surface area contributed by atoms with Gasteiger partial charge < -0.3 is 19.7 Å². The zero-order chi connectivity index (χ0) is 27.1. The Hall–Kier alpha value is -3.14. The number of nitrogens with one attached hydrogen (secondary N) is 1. The van der Waals surface area contributed by atoms with Crippen LogP contribution in [0, 0.1) is 0 Å². The van der Waals surface area contributed by atoms with E-state index in [1.54, 1.807) is 12.0 Å². The molecule has 0 aliphatic carbocycles. The first kappa shape index (κ1) is 27.9. The van der Waals surface area contributed by atoms with Gasteiger partial charge in [-0.3, -0.25) is 9.69 Å². The number of hydrogen-bond donors (Lipinski definition) is 1. The number of benzene rings is 2. The van der Waals surface area contributed by atoms with E-state index >= 15 is 0 Å². The third kappa shape index (κ3) is 7.03. The summed E-state index contributed by atoms with van der Waals surface area (Å²) in [5.41, 5.74) is 2.45. The monoisotopic (exact) mass is 541 g/mol. The van der Waals surface area contributed by atoms with Crippen molar-refractivity contribution < 1.29 is 19.1 Å². The van der Waals surface area contributed by atoms with Crippen molar-refractivity contribution in [3.63, 3.8) is 0 Å². The fourth-order valence-electron chi connectivity index (χ4n) is 4.62. The minimum absolute atomic E-state index is 0.0520. The SMILES string of the molecule is COc1cccc(C2=NN(C(=O)CN(CCN3CCOCC3)C(=O)NC(C)C)[C@H](c3ccccc3Cl)C2)c1. The molecular formula is C28H36ClN5O4. The summed E-state index contributed by atoms with van der Waals surface area (Å²) in [7, 11) is 1.62. The summed E-state index contributed by atoms with van der Waals surface area (Å²) in [5, 5.41) is 9.74. The zero-order valence-corrected chi connectivity index (χ0v) is 23.0. The lowest BCUT2D eigenvalue weighted by Crippen LogP contribution is -2.50. The van der Waals surface area contributed by atoms with Gasteiger partial charge in [-0.25, -0.2) is 9.80 Å². The number of morpholine rings is 1. The lowest BCUT2D eigenvalue weighted by atomic mass is 9.98. The number of methoxy groups -OCH3 is 1. The molecule has 2 aromatic carbocycles. The predicted molar refractivity (Wildman–Crippen MR) is 148 cm³/mol. The summed E-state index contributed by atoms with van der Waals surface area (Å²) in [6.45, 7) is 7.74. The van der Waals surface area contributed by atoms with Crippen LogP contribution < -0.4 is 10.1 Å². The molecule has 0 radical (unpaired) electrons. The van der Waals surface area contributed by atoms with Gasteiger partial charge in [0.25, 0.3) is 5.91 Å². The van der Waals surface area contributed by atoms with Crippen LogP contribution >= 0.6 is 11.6 Å². The van der Waals surface area contributed by atoms with Crippen molar-refractivity contribution in [1.82, 2.24) is 20.1 Å². The highest BCUT2D eigenvalue weighted by Gasteiger charge is 2.35. The topological polar surface area (TPSA) is 86.7 Å². The second-order valence-electron chi connectivity index (χ2n) is 9.74. The molecule has 4 rings (SSSR count). The van der Waals surface area contributed by atoms with E-state index in [2.05, 4.69) is 10.2 Å². The summed E-state index contributed by atoms with van der Waals surface area (Å²) in [6.07, 6.45) is 0.495. The molecule has 38 heavy (non-hydrogen) atoms. The fourth-order valence-corrected chi connectivity index (χ4v) is 4.88. The first-order chi connectivity index (χ1) is 18.4. The molecule has 1 saturated heterocycles. The Labute approximate surface area is 229 Å². The Morgan fingerprint density at radius 1 is 1.18 bits per heavy atom. The van der Waals surface area contributed by atoms with E-state index in [0.717, 1.165) is 29.9 Å². The van der Waals surface area contributed by atoms with Crippen molar-refractivity contribution in [2.45, 2.75) is 32.4 Å². The molecule has 2 aliphatic rings. The van der Waals surface area contributed by atoms with Crippen LogP contribution in [0.25, 0.3) is 0 Å². The van der Waals surface area contributed by atoms with Gasteiger partial charge in [-0.05, 0) is 37.6 Å². The molecule has 0 spiro atoms. The molecule has 2 aliphatic heterocycles. The first-order valence-electron chi connectivity index (χ1n) is 13.0. The van der Waals surface area contributed by atoms with Gasteiger partial charge in [-0.2, -0.15) is 5.10 Å². The lowest BCUT2D eigenvalue weighted by Gasteiger charge is -2.31. The van der Waals surface area contributed by atoms with Gasteiger partial charge in [0.1, 0.15) is 12.3 Å².